The van der Waals surface area contributed by atoms with E-state index in [0.29, 0.717) is 17.3 Å². The van der Waals surface area contributed by atoms with Crippen LogP contribution in [0.3, 0.4) is 0 Å². The fourth-order valence-electron chi connectivity index (χ4n) is 3.05. The summed E-state index contributed by atoms with van der Waals surface area (Å²) >= 11 is 1.67. The summed E-state index contributed by atoms with van der Waals surface area (Å²) in [5, 5.41) is 0.0401. The molecule has 7 heteroatoms. The largest absolute Gasteiger partial charge is 0.493 e. The van der Waals surface area contributed by atoms with Crippen LogP contribution in [0.1, 0.15) is 10.9 Å². The zero-order chi connectivity index (χ0) is 16.9. The summed E-state index contributed by atoms with van der Waals surface area (Å²) in [5.41, 5.74) is 1.07. The molecule has 1 unspecified atom stereocenters. The Morgan fingerprint density at radius 2 is 1.92 bits per heavy atom. The molecule has 0 aromatic heterocycles. The third-order valence-corrected chi connectivity index (χ3v) is 5.68. The molecular weight excluding hydrogens is 328 g/mol. The number of amides is 1. The van der Waals surface area contributed by atoms with Gasteiger partial charge in [-0.15, -0.1) is 11.8 Å². The normalized spacial score (nSPS) is 22.0. The van der Waals surface area contributed by atoms with E-state index in [-0.39, 0.29) is 11.3 Å². The van der Waals surface area contributed by atoms with Crippen LogP contribution in [0.2, 0.25) is 0 Å². The topological polar surface area (TPSA) is 51.2 Å². The predicted octanol–water partition coefficient (Wildman–Crippen LogP) is 1.61. The van der Waals surface area contributed by atoms with Crippen molar-refractivity contribution in [3.05, 3.63) is 23.8 Å². The molecule has 1 aromatic rings. The van der Waals surface area contributed by atoms with Gasteiger partial charge in [0.1, 0.15) is 5.37 Å². The fraction of sp³-hybridized carbons (Fsp3) is 0.588. The second-order valence-corrected chi connectivity index (χ2v) is 6.89. The molecule has 3 rings (SSSR count). The molecule has 6 nitrogen and oxygen atoms in total. The lowest BCUT2D eigenvalue weighted by atomic mass is 10.1. The Balaban J connectivity index is 1.70. The number of hydrogen-bond donors (Lipinski definition) is 0. The highest BCUT2D eigenvalue weighted by Crippen LogP contribution is 2.41. The van der Waals surface area contributed by atoms with Gasteiger partial charge in [0.25, 0.3) is 0 Å². The maximum absolute atomic E-state index is 12.3. The van der Waals surface area contributed by atoms with Gasteiger partial charge in [0, 0.05) is 26.2 Å². The van der Waals surface area contributed by atoms with Crippen LogP contribution >= 0.6 is 11.8 Å². The van der Waals surface area contributed by atoms with Crippen LogP contribution in [-0.4, -0.2) is 75.1 Å². The summed E-state index contributed by atoms with van der Waals surface area (Å²) in [5.74, 6) is 2.13. The van der Waals surface area contributed by atoms with E-state index in [1.807, 2.05) is 23.1 Å². The summed E-state index contributed by atoms with van der Waals surface area (Å²) in [4.78, 5) is 16.6. The van der Waals surface area contributed by atoms with Crippen molar-refractivity contribution in [1.82, 2.24) is 9.80 Å². The fourth-order valence-corrected chi connectivity index (χ4v) is 4.26. The van der Waals surface area contributed by atoms with Gasteiger partial charge in [-0.25, -0.2) is 0 Å². The minimum Gasteiger partial charge on any atom is -0.493 e. The molecule has 0 bridgehead atoms. The Bertz CT molecular complexity index is 578. The highest BCUT2D eigenvalue weighted by molar-refractivity contribution is 8.00. The smallest absolute Gasteiger partial charge is 0.233 e. The molecule has 0 radical (unpaired) electrons. The number of methoxy groups -OCH3 is 2. The summed E-state index contributed by atoms with van der Waals surface area (Å²) in [6.07, 6.45) is 0. The first kappa shape index (κ1) is 17.4. The molecule has 0 aliphatic carbocycles. The van der Waals surface area contributed by atoms with Crippen LogP contribution < -0.4 is 9.47 Å². The first-order valence-corrected chi connectivity index (χ1v) is 9.21. The second kappa shape index (κ2) is 8.09. The molecule has 2 fully saturated rings. The second-order valence-electron chi connectivity index (χ2n) is 5.82. The average Bonchev–Trinajstić information content (AvgIpc) is 3.00. The zero-order valence-electron chi connectivity index (χ0n) is 14.2. The molecule has 0 saturated carbocycles. The van der Waals surface area contributed by atoms with Crippen LogP contribution in [0.25, 0.3) is 0 Å². The summed E-state index contributed by atoms with van der Waals surface area (Å²) < 4.78 is 16.1. The number of rotatable bonds is 6. The Hall–Kier alpha value is -1.44. The summed E-state index contributed by atoms with van der Waals surface area (Å²) in [6, 6.07) is 5.88. The Morgan fingerprint density at radius 3 is 2.62 bits per heavy atom. The van der Waals surface area contributed by atoms with E-state index in [1.165, 1.54) is 0 Å². The van der Waals surface area contributed by atoms with Crippen molar-refractivity contribution in [3.63, 3.8) is 0 Å². The van der Waals surface area contributed by atoms with Crippen LogP contribution in [0.15, 0.2) is 18.2 Å². The minimum atomic E-state index is 0.0401. The minimum absolute atomic E-state index is 0.0401. The number of hydrogen-bond acceptors (Lipinski definition) is 6. The van der Waals surface area contributed by atoms with E-state index < -0.39 is 0 Å². The third kappa shape index (κ3) is 3.79. The van der Waals surface area contributed by atoms with Crippen molar-refractivity contribution in [2.24, 2.45) is 0 Å². The highest BCUT2D eigenvalue weighted by Gasteiger charge is 2.33. The molecule has 1 amide bonds. The SMILES string of the molecule is COc1ccc(C2SCC(=O)N2CCN2CCOCC2)cc1OC. The van der Waals surface area contributed by atoms with E-state index in [4.69, 9.17) is 14.2 Å². The maximum atomic E-state index is 12.3. The highest BCUT2D eigenvalue weighted by atomic mass is 32.2. The van der Waals surface area contributed by atoms with Gasteiger partial charge in [-0.2, -0.15) is 0 Å². The van der Waals surface area contributed by atoms with Crippen molar-refractivity contribution >= 4 is 17.7 Å². The van der Waals surface area contributed by atoms with Crippen LogP contribution in [0, 0.1) is 0 Å². The molecule has 132 valence electrons. The molecule has 2 saturated heterocycles. The Labute approximate surface area is 147 Å². The van der Waals surface area contributed by atoms with Gasteiger partial charge < -0.3 is 19.1 Å². The van der Waals surface area contributed by atoms with Crippen LogP contribution in [-0.2, 0) is 9.53 Å². The number of nitrogens with zero attached hydrogens (tertiary/aromatic N) is 2. The average molecular weight is 352 g/mol. The molecular formula is C17H24N2O4S. The van der Waals surface area contributed by atoms with Crippen molar-refractivity contribution in [3.8, 4) is 11.5 Å². The zero-order valence-corrected chi connectivity index (χ0v) is 15.0. The standard InChI is InChI=1S/C17H24N2O4S/c1-21-14-4-3-13(11-15(14)22-2)17-19(16(20)12-24-17)6-5-18-7-9-23-10-8-18/h3-4,11,17H,5-10,12H2,1-2H3. The lowest BCUT2D eigenvalue weighted by molar-refractivity contribution is -0.128. The number of carbonyl (C=O) groups is 1. The van der Waals surface area contributed by atoms with Gasteiger partial charge in [-0.1, -0.05) is 6.07 Å². The molecule has 0 spiro atoms. The van der Waals surface area contributed by atoms with E-state index in [2.05, 4.69) is 4.90 Å². The van der Waals surface area contributed by atoms with E-state index in [9.17, 15) is 4.79 Å². The van der Waals surface area contributed by atoms with E-state index in [1.54, 1.807) is 26.0 Å². The van der Waals surface area contributed by atoms with Crippen molar-refractivity contribution in [1.29, 1.82) is 0 Å². The van der Waals surface area contributed by atoms with Crippen LogP contribution in [0.5, 0.6) is 11.5 Å². The lowest BCUT2D eigenvalue weighted by Gasteiger charge is -2.30. The first-order valence-electron chi connectivity index (χ1n) is 8.16. The first-order chi connectivity index (χ1) is 11.7. The molecule has 2 aliphatic rings. The molecule has 1 aromatic carbocycles. The quantitative estimate of drug-likeness (QED) is 0.775. The molecule has 2 aliphatic heterocycles. The molecule has 24 heavy (non-hydrogen) atoms. The van der Waals surface area contributed by atoms with E-state index in [0.717, 1.165) is 45.0 Å². The summed E-state index contributed by atoms with van der Waals surface area (Å²) in [7, 11) is 3.25. The van der Waals surface area contributed by atoms with E-state index >= 15 is 0 Å². The van der Waals surface area contributed by atoms with Crippen LogP contribution in [0.4, 0.5) is 0 Å². The third-order valence-electron chi connectivity index (χ3n) is 4.42. The van der Waals surface area contributed by atoms with Gasteiger partial charge in [-0.3, -0.25) is 9.69 Å². The number of carbonyl (C=O) groups excluding carboxylic acids is 1. The number of morpholine rings is 1. The number of thioether (sulfide) groups is 1. The van der Waals surface area contributed by atoms with Gasteiger partial charge in [0.15, 0.2) is 11.5 Å². The van der Waals surface area contributed by atoms with Crippen molar-refractivity contribution in [2.45, 2.75) is 5.37 Å². The number of benzene rings is 1. The van der Waals surface area contributed by atoms with Crippen molar-refractivity contribution < 1.29 is 19.0 Å². The Kier molecular flexibility index (Phi) is 5.86. The van der Waals surface area contributed by atoms with Crippen molar-refractivity contribution in [2.75, 3.05) is 59.4 Å². The van der Waals surface area contributed by atoms with Gasteiger partial charge in [0.2, 0.25) is 5.91 Å². The lowest BCUT2D eigenvalue weighted by Crippen LogP contribution is -2.42. The molecule has 0 N–H and O–H groups in total. The predicted molar refractivity (Wildman–Crippen MR) is 93.7 cm³/mol. The molecule has 2 heterocycles. The summed E-state index contributed by atoms with van der Waals surface area (Å²) in [6.45, 7) is 5.07. The Morgan fingerprint density at radius 1 is 1.17 bits per heavy atom. The van der Waals surface area contributed by atoms with Gasteiger partial charge >= 0.3 is 0 Å². The number of ether oxygens (including phenoxy) is 3. The maximum Gasteiger partial charge on any atom is 0.233 e. The van der Waals surface area contributed by atoms with Gasteiger partial charge in [-0.05, 0) is 17.7 Å². The van der Waals surface area contributed by atoms with Gasteiger partial charge in [0.05, 0.1) is 33.2 Å². The molecule has 1 atom stereocenters. The monoisotopic (exact) mass is 352 g/mol.